The molecule has 1 aromatic carbocycles. The first kappa shape index (κ1) is 43.0. The third kappa shape index (κ3) is 7.55. The number of nitriles is 2. The van der Waals surface area contributed by atoms with E-state index in [1.807, 2.05) is 26.8 Å². The van der Waals surface area contributed by atoms with Crippen LogP contribution in [0.15, 0.2) is 86.6 Å². The first-order valence-corrected chi connectivity index (χ1v) is 22.1. The molecular formula is C46H45N7O8S2. The number of hydrazine groups is 1. The molecule has 0 radical (unpaired) electrons. The van der Waals surface area contributed by atoms with E-state index < -0.39 is 41.1 Å². The number of pyridine rings is 1. The van der Waals surface area contributed by atoms with Crippen molar-refractivity contribution in [3.63, 3.8) is 0 Å². The molecule has 2 fully saturated rings. The Kier molecular flexibility index (Phi) is 11.3. The second-order valence-corrected chi connectivity index (χ2v) is 18.9. The SMILES string of the molecule is COC(=O)C1=C(C2CC2)N(N2C(C)=C(C(=O)OC)C(c3csc4c(C#N)ccnc34)C(C(=O)OCC3CC3)=C2N)C(N)=C(C(=O)OCC(C)(C)C)C1c1csc2c(C#N)cccc12. The summed E-state index contributed by atoms with van der Waals surface area (Å²) in [6.07, 6.45) is 4.46. The van der Waals surface area contributed by atoms with Crippen LogP contribution in [0.4, 0.5) is 0 Å². The highest BCUT2D eigenvalue weighted by Gasteiger charge is 2.52. The lowest BCUT2D eigenvalue weighted by Gasteiger charge is -2.47. The lowest BCUT2D eigenvalue weighted by Crippen LogP contribution is -2.52. The summed E-state index contributed by atoms with van der Waals surface area (Å²) in [4.78, 5) is 63.0. The molecule has 0 saturated heterocycles. The van der Waals surface area contributed by atoms with E-state index in [-0.39, 0.29) is 64.7 Å². The minimum Gasteiger partial charge on any atom is -0.466 e. The van der Waals surface area contributed by atoms with Crippen LogP contribution >= 0.6 is 22.7 Å². The number of benzene rings is 1. The Morgan fingerprint density at radius 1 is 0.778 bits per heavy atom. The molecular weight excluding hydrogens is 843 g/mol. The lowest BCUT2D eigenvalue weighted by molar-refractivity contribution is -0.143. The molecule has 324 valence electrons. The van der Waals surface area contributed by atoms with Crippen LogP contribution in [0.3, 0.4) is 0 Å². The maximum Gasteiger partial charge on any atom is 0.338 e. The second kappa shape index (κ2) is 16.5. The van der Waals surface area contributed by atoms with Crippen LogP contribution in [0, 0.1) is 39.9 Å². The average Bonchev–Trinajstić information content (AvgIpc) is 4.20. The van der Waals surface area contributed by atoms with Crippen LogP contribution in [-0.4, -0.2) is 66.3 Å². The Morgan fingerprint density at radius 3 is 1.98 bits per heavy atom. The van der Waals surface area contributed by atoms with Gasteiger partial charge in [0.2, 0.25) is 0 Å². The molecule has 2 aliphatic heterocycles. The number of nitrogens with two attached hydrogens (primary N) is 2. The Hall–Kier alpha value is -6.69. The maximum atomic E-state index is 14.8. The standard InChI is InChI=1S/C46H45N7O8S2/c1-22-30(42(54)58-5)32(29-20-63-39-26(17-48)14-15-51-36(29)39)35(44(56)60-18-23-10-11-23)40(49)52(22)53-37(24-12-13-24)33(43(55)59-6)31(34(41(53)50)45(57)61-21-46(2,3)4)28-19-62-38-25(16-47)8-7-9-27(28)38/h7-9,14-15,19-20,23-24,31-32H,10-13,18,21,49-50H2,1-6H3. The van der Waals surface area contributed by atoms with Gasteiger partial charge in [0.1, 0.15) is 23.8 Å². The summed E-state index contributed by atoms with van der Waals surface area (Å²) in [5.74, 6) is -6.12. The van der Waals surface area contributed by atoms with Crippen molar-refractivity contribution < 1.29 is 38.1 Å². The van der Waals surface area contributed by atoms with E-state index in [4.69, 9.17) is 30.4 Å². The van der Waals surface area contributed by atoms with Gasteiger partial charge in [0, 0.05) is 17.7 Å². The number of methoxy groups -OCH3 is 2. The average molecular weight is 888 g/mol. The molecule has 15 nitrogen and oxygen atoms in total. The third-order valence-electron chi connectivity index (χ3n) is 11.5. The molecule has 4 aliphatic rings. The summed E-state index contributed by atoms with van der Waals surface area (Å²) >= 11 is 2.52. The largest absolute Gasteiger partial charge is 0.466 e. The van der Waals surface area contributed by atoms with Crippen molar-refractivity contribution >= 4 is 66.9 Å². The fourth-order valence-electron chi connectivity index (χ4n) is 8.25. The van der Waals surface area contributed by atoms with Gasteiger partial charge in [0.25, 0.3) is 0 Å². The minimum atomic E-state index is -1.20. The van der Waals surface area contributed by atoms with Crippen molar-refractivity contribution in [3.8, 4) is 12.1 Å². The number of thiophene rings is 2. The van der Waals surface area contributed by atoms with E-state index in [1.165, 1.54) is 53.1 Å². The molecule has 3 aromatic heterocycles. The summed E-state index contributed by atoms with van der Waals surface area (Å²) in [6, 6.07) is 11.2. The number of aromatic nitrogens is 1. The highest BCUT2D eigenvalue weighted by molar-refractivity contribution is 7.18. The quantitative estimate of drug-likeness (QED) is 0.116. The zero-order valence-electron chi connectivity index (χ0n) is 35.6. The lowest BCUT2D eigenvalue weighted by atomic mass is 9.79. The number of hydrogen-bond acceptors (Lipinski definition) is 17. The van der Waals surface area contributed by atoms with E-state index in [1.54, 1.807) is 35.9 Å². The van der Waals surface area contributed by atoms with Crippen molar-refractivity contribution in [2.45, 2.75) is 65.2 Å². The number of esters is 4. The van der Waals surface area contributed by atoms with Crippen molar-refractivity contribution in [2.75, 3.05) is 27.4 Å². The number of carbonyl (C=O) groups excluding carboxylic acids is 4. The predicted molar refractivity (Wildman–Crippen MR) is 233 cm³/mol. The maximum absolute atomic E-state index is 14.8. The van der Waals surface area contributed by atoms with Gasteiger partial charge in [-0.2, -0.15) is 10.5 Å². The van der Waals surface area contributed by atoms with Gasteiger partial charge in [-0.05, 0) is 77.8 Å². The normalized spacial score (nSPS) is 19.4. The first-order valence-electron chi connectivity index (χ1n) is 20.4. The van der Waals surface area contributed by atoms with Crippen LogP contribution in [0.2, 0.25) is 0 Å². The van der Waals surface area contributed by atoms with Crippen molar-refractivity contribution in [2.24, 2.45) is 28.7 Å². The van der Waals surface area contributed by atoms with Gasteiger partial charge < -0.3 is 30.4 Å². The van der Waals surface area contributed by atoms with Crippen molar-refractivity contribution in [3.05, 3.63) is 109 Å². The van der Waals surface area contributed by atoms with Gasteiger partial charge in [-0.1, -0.05) is 32.9 Å². The van der Waals surface area contributed by atoms with Crippen LogP contribution in [-0.2, 0) is 38.1 Å². The summed E-state index contributed by atoms with van der Waals surface area (Å²) < 4.78 is 24.1. The number of nitrogens with zero attached hydrogens (tertiary/aromatic N) is 5. The van der Waals surface area contributed by atoms with E-state index in [2.05, 4.69) is 17.1 Å². The molecule has 2 aliphatic carbocycles. The smallest absolute Gasteiger partial charge is 0.338 e. The second-order valence-electron chi connectivity index (χ2n) is 17.1. The highest BCUT2D eigenvalue weighted by Crippen LogP contribution is 2.54. The molecule has 0 bridgehead atoms. The monoisotopic (exact) mass is 887 g/mol. The molecule has 4 N–H and O–H groups in total. The van der Waals surface area contributed by atoms with Crippen LogP contribution in [0.1, 0.15) is 87.5 Å². The molecule has 0 amide bonds. The molecule has 2 unspecified atom stereocenters. The summed E-state index contributed by atoms with van der Waals surface area (Å²) in [5, 5.41) is 26.9. The Balaban J connectivity index is 1.43. The topological polar surface area (TPSA) is 224 Å². The molecule has 17 heteroatoms. The van der Waals surface area contributed by atoms with Gasteiger partial charge in [-0.3, -0.25) is 4.98 Å². The van der Waals surface area contributed by atoms with Crippen LogP contribution < -0.4 is 11.5 Å². The Labute approximate surface area is 371 Å². The van der Waals surface area contributed by atoms with Crippen molar-refractivity contribution in [1.29, 1.82) is 10.5 Å². The fraction of sp³-hybridized carbons (Fsp3) is 0.370. The summed E-state index contributed by atoms with van der Waals surface area (Å²) in [6.45, 7) is 7.41. The van der Waals surface area contributed by atoms with E-state index in [0.717, 1.165) is 12.8 Å². The Bertz CT molecular complexity index is 2840. The summed E-state index contributed by atoms with van der Waals surface area (Å²) in [7, 11) is 2.45. The highest BCUT2D eigenvalue weighted by atomic mass is 32.1. The number of rotatable bonds is 11. The number of ether oxygens (including phenoxy) is 4. The molecule has 2 atom stereocenters. The summed E-state index contributed by atoms with van der Waals surface area (Å²) in [5.41, 5.74) is 16.5. The van der Waals surface area contributed by atoms with Crippen LogP contribution in [0.25, 0.3) is 20.3 Å². The minimum absolute atomic E-state index is 0.0168. The van der Waals surface area contributed by atoms with Gasteiger partial charge in [-0.15, -0.1) is 22.7 Å². The third-order valence-corrected chi connectivity index (χ3v) is 13.6. The molecule has 4 aromatic rings. The predicted octanol–water partition coefficient (Wildman–Crippen LogP) is 6.84. The number of allylic oxidation sites excluding steroid dienone is 2. The number of fused-ring (bicyclic) bond motifs is 2. The number of carbonyl (C=O) groups is 4. The molecule has 63 heavy (non-hydrogen) atoms. The zero-order valence-corrected chi connectivity index (χ0v) is 37.2. The van der Waals surface area contributed by atoms with E-state index in [0.29, 0.717) is 61.1 Å². The fourth-order valence-corrected chi connectivity index (χ4v) is 10.3. The van der Waals surface area contributed by atoms with Crippen LogP contribution in [0.5, 0.6) is 0 Å². The van der Waals surface area contributed by atoms with Gasteiger partial charge in [-0.25, -0.2) is 29.2 Å². The zero-order chi connectivity index (χ0) is 45.1. The Morgan fingerprint density at radius 2 is 1.37 bits per heavy atom. The van der Waals surface area contributed by atoms with E-state index >= 15 is 0 Å². The number of hydrogen-bond donors (Lipinski definition) is 2. The molecule has 8 rings (SSSR count). The van der Waals surface area contributed by atoms with Gasteiger partial charge in [0.15, 0.2) is 0 Å². The molecule has 5 heterocycles. The first-order chi connectivity index (χ1) is 30.1. The van der Waals surface area contributed by atoms with Crippen molar-refractivity contribution in [1.82, 2.24) is 15.0 Å². The van der Waals surface area contributed by atoms with Gasteiger partial charge >= 0.3 is 23.9 Å². The van der Waals surface area contributed by atoms with Gasteiger partial charge in [0.05, 0.1) is 99.0 Å². The molecule has 2 saturated carbocycles. The molecule has 0 spiro atoms. The van der Waals surface area contributed by atoms with E-state index in [9.17, 15) is 29.7 Å².